The van der Waals surface area contributed by atoms with Gasteiger partial charge in [-0.2, -0.15) is 0 Å². The lowest BCUT2D eigenvalue weighted by molar-refractivity contribution is 0.0254. The quantitative estimate of drug-likeness (QED) is 0.474. The van der Waals surface area contributed by atoms with Gasteiger partial charge >= 0.3 is 0 Å². The average Bonchev–Trinajstić information content (AvgIpc) is 3.25. The lowest BCUT2D eigenvalue weighted by atomic mass is 10.0. The highest BCUT2D eigenvalue weighted by molar-refractivity contribution is 5.96. The van der Waals surface area contributed by atoms with Crippen molar-refractivity contribution in [3.05, 3.63) is 66.1 Å². The predicted molar refractivity (Wildman–Crippen MR) is 122 cm³/mol. The molecule has 0 spiro atoms. The van der Waals surface area contributed by atoms with Crippen molar-refractivity contribution in [1.82, 2.24) is 15.0 Å². The molecule has 5 heteroatoms. The summed E-state index contributed by atoms with van der Waals surface area (Å²) in [6, 6.07) is 14.3. The zero-order valence-electron chi connectivity index (χ0n) is 17.4. The molecule has 0 unspecified atom stereocenters. The van der Waals surface area contributed by atoms with Crippen LogP contribution in [0.25, 0.3) is 33.4 Å². The first-order chi connectivity index (χ1) is 15.2. The summed E-state index contributed by atoms with van der Waals surface area (Å²) in [6.45, 7) is 3.45. The number of aryl methyl sites for hydroxylation is 1. The molecule has 3 aromatic heterocycles. The molecule has 1 N–H and O–H groups in total. The van der Waals surface area contributed by atoms with Gasteiger partial charge in [0.15, 0.2) is 0 Å². The van der Waals surface area contributed by atoms with E-state index in [1.807, 2.05) is 43.6 Å². The number of benzene rings is 1. The number of H-pyrrole nitrogens is 1. The summed E-state index contributed by atoms with van der Waals surface area (Å²) in [4.78, 5) is 12.2. The van der Waals surface area contributed by atoms with Gasteiger partial charge in [-0.1, -0.05) is 12.0 Å². The third-order valence-electron chi connectivity index (χ3n) is 5.65. The zero-order chi connectivity index (χ0) is 21.2. The number of nitrogens with one attached hydrogen (secondary N) is 1. The number of nitrogens with zero attached hydrogens (tertiary/aromatic N) is 2. The number of hydrogen-bond acceptors (Lipinski definition) is 4. The van der Waals surface area contributed by atoms with Gasteiger partial charge in [-0.15, -0.1) is 6.42 Å². The lowest BCUT2D eigenvalue weighted by Gasteiger charge is -2.24. The van der Waals surface area contributed by atoms with E-state index in [0.29, 0.717) is 0 Å². The molecule has 31 heavy (non-hydrogen) atoms. The van der Waals surface area contributed by atoms with E-state index in [0.717, 1.165) is 76.5 Å². The summed E-state index contributed by atoms with van der Waals surface area (Å²) in [6.07, 6.45) is 11.4. The van der Waals surface area contributed by atoms with Crippen molar-refractivity contribution in [3.63, 3.8) is 0 Å². The van der Waals surface area contributed by atoms with Crippen molar-refractivity contribution >= 4 is 11.0 Å². The van der Waals surface area contributed by atoms with Crippen molar-refractivity contribution in [2.45, 2.75) is 25.9 Å². The van der Waals surface area contributed by atoms with E-state index < -0.39 is 0 Å². The van der Waals surface area contributed by atoms with Gasteiger partial charge in [0.1, 0.15) is 17.5 Å². The van der Waals surface area contributed by atoms with Crippen LogP contribution in [0.3, 0.4) is 0 Å². The van der Waals surface area contributed by atoms with Crippen LogP contribution in [0, 0.1) is 19.3 Å². The number of aromatic nitrogens is 3. The van der Waals surface area contributed by atoms with Crippen LogP contribution in [0.5, 0.6) is 5.75 Å². The monoisotopic (exact) mass is 409 g/mol. The minimum absolute atomic E-state index is 0.149. The number of ether oxygens (including phenoxy) is 2. The second-order valence-corrected chi connectivity index (χ2v) is 7.77. The van der Waals surface area contributed by atoms with Crippen LogP contribution in [-0.4, -0.2) is 34.3 Å². The van der Waals surface area contributed by atoms with E-state index in [1.165, 1.54) is 0 Å². The number of terminal acetylenes is 1. The molecular weight excluding hydrogens is 386 g/mol. The Labute approximate surface area is 181 Å². The topological polar surface area (TPSA) is 60.0 Å². The summed E-state index contributed by atoms with van der Waals surface area (Å²) in [5.41, 5.74) is 6.78. The molecule has 1 aliphatic heterocycles. The van der Waals surface area contributed by atoms with Crippen LogP contribution in [0.4, 0.5) is 0 Å². The first-order valence-corrected chi connectivity index (χ1v) is 10.5. The molecule has 0 aliphatic carbocycles. The van der Waals surface area contributed by atoms with Crippen molar-refractivity contribution in [2.24, 2.45) is 0 Å². The van der Waals surface area contributed by atoms with E-state index in [9.17, 15) is 0 Å². The Morgan fingerprint density at radius 3 is 2.68 bits per heavy atom. The Hall–Kier alpha value is -3.62. The smallest absolute Gasteiger partial charge is 0.138 e. The van der Waals surface area contributed by atoms with Gasteiger partial charge in [-0.05, 0) is 54.4 Å². The minimum atomic E-state index is 0.149. The van der Waals surface area contributed by atoms with Crippen molar-refractivity contribution in [3.8, 4) is 40.5 Å². The second kappa shape index (κ2) is 8.25. The second-order valence-electron chi connectivity index (χ2n) is 7.77. The third kappa shape index (κ3) is 3.90. The molecule has 1 saturated heterocycles. The number of fused-ring (bicyclic) bond motifs is 1. The normalized spacial score (nSPS) is 14.5. The Morgan fingerprint density at radius 1 is 1.03 bits per heavy atom. The van der Waals surface area contributed by atoms with Crippen molar-refractivity contribution < 1.29 is 9.47 Å². The largest absolute Gasteiger partial charge is 0.489 e. The Balaban J connectivity index is 1.52. The third-order valence-corrected chi connectivity index (χ3v) is 5.65. The highest BCUT2D eigenvalue weighted by Gasteiger charge is 2.17. The maximum atomic E-state index is 6.18. The first-order valence-electron chi connectivity index (χ1n) is 10.5. The highest BCUT2D eigenvalue weighted by Crippen LogP contribution is 2.34. The molecule has 1 aliphatic rings. The van der Waals surface area contributed by atoms with E-state index in [4.69, 9.17) is 15.9 Å². The van der Waals surface area contributed by atoms with Crippen LogP contribution in [0.2, 0.25) is 0 Å². The standard InChI is InChI=1S/C26H23N3O2/c1-3-18-15-19(4-5-25(18)31-21-8-12-30-13-9-21)22-7-11-28-26-23(22)16-24(29-26)20-6-10-27-17(2)14-20/h1,4-7,10-11,14-16,21H,8-9,12-13H2,2H3,(H,28,29). The molecule has 0 atom stereocenters. The van der Waals surface area contributed by atoms with Crippen LogP contribution in [0.15, 0.2) is 54.9 Å². The molecule has 0 amide bonds. The molecule has 0 radical (unpaired) electrons. The van der Waals surface area contributed by atoms with Crippen LogP contribution in [0.1, 0.15) is 24.1 Å². The van der Waals surface area contributed by atoms with E-state index in [2.05, 4.69) is 39.1 Å². The molecule has 1 aromatic carbocycles. The fraction of sp³-hybridized carbons (Fsp3) is 0.231. The molecule has 154 valence electrons. The van der Waals surface area contributed by atoms with Gasteiger partial charge < -0.3 is 14.5 Å². The van der Waals surface area contributed by atoms with Crippen molar-refractivity contribution in [1.29, 1.82) is 0 Å². The van der Waals surface area contributed by atoms with E-state index in [-0.39, 0.29) is 6.10 Å². The van der Waals surface area contributed by atoms with Crippen LogP contribution < -0.4 is 4.74 Å². The molecule has 1 fully saturated rings. The summed E-state index contributed by atoms with van der Waals surface area (Å²) in [5, 5.41) is 1.05. The first kappa shape index (κ1) is 19.3. The molecule has 4 aromatic rings. The number of pyridine rings is 2. The molecule has 0 bridgehead atoms. The summed E-state index contributed by atoms with van der Waals surface area (Å²) < 4.78 is 11.6. The zero-order valence-corrected chi connectivity index (χ0v) is 17.4. The van der Waals surface area contributed by atoms with Gasteiger partial charge in [-0.25, -0.2) is 4.98 Å². The van der Waals surface area contributed by atoms with Crippen LogP contribution in [-0.2, 0) is 4.74 Å². The predicted octanol–water partition coefficient (Wildman–Crippen LogP) is 5.14. The van der Waals surface area contributed by atoms with E-state index >= 15 is 0 Å². The fourth-order valence-corrected chi connectivity index (χ4v) is 4.03. The van der Waals surface area contributed by atoms with Gasteiger partial charge in [0.2, 0.25) is 0 Å². The summed E-state index contributed by atoms with van der Waals surface area (Å²) in [5.74, 6) is 3.55. The highest BCUT2D eigenvalue weighted by atomic mass is 16.5. The Morgan fingerprint density at radius 2 is 1.87 bits per heavy atom. The van der Waals surface area contributed by atoms with E-state index in [1.54, 1.807) is 0 Å². The number of hydrogen-bond donors (Lipinski definition) is 1. The molecule has 4 heterocycles. The molecular formula is C26H23N3O2. The maximum Gasteiger partial charge on any atom is 0.138 e. The van der Waals surface area contributed by atoms with Gasteiger partial charge in [0.25, 0.3) is 0 Å². The lowest BCUT2D eigenvalue weighted by Crippen LogP contribution is -2.26. The summed E-state index contributed by atoms with van der Waals surface area (Å²) in [7, 11) is 0. The fourth-order valence-electron chi connectivity index (χ4n) is 4.03. The van der Waals surface area contributed by atoms with Gasteiger partial charge in [0, 0.05) is 47.6 Å². The van der Waals surface area contributed by atoms with Gasteiger partial charge in [0.05, 0.1) is 18.8 Å². The SMILES string of the molecule is C#Cc1cc(-c2ccnc3[nH]c(-c4ccnc(C)c4)cc23)ccc1OC1CCOCC1. The van der Waals surface area contributed by atoms with Gasteiger partial charge in [-0.3, -0.25) is 4.98 Å². The minimum Gasteiger partial charge on any atom is -0.489 e. The molecule has 0 saturated carbocycles. The Bertz CT molecular complexity index is 1280. The Kier molecular flexibility index (Phi) is 5.15. The summed E-state index contributed by atoms with van der Waals surface area (Å²) >= 11 is 0. The molecule has 5 nitrogen and oxygen atoms in total. The number of rotatable bonds is 4. The maximum absolute atomic E-state index is 6.18. The number of aromatic amines is 1. The van der Waals surface area contributed by atoms with Crippen molar-refractivity contribution in [2.75, 3.05) is 13.2 Å². The average molecular weight is 409 g/mol. The van der Waals surface area contributed by atoms with Crippen LogP contribution >= 0.6 is 0 Å². The molecule has 5 rings (SSSR count).